The highest BCUT2D eigenvalue weighted by molar-refractivity contribution is 5.99. The highest BCUT2D eigenvalue weighted by atomic mass is 16.2. The van der Waals surface area contributed by atoms with Crippen molar-refractivity contribution in [1.29, 1.82) is 0 Å². The van der Waals surface area contributed by atoms with Crippen LogP contribution < -0.4 is 10.2 Å². The average molecular weight is 308 g/mol. The van der Waals surface area contributed by atoms with Gasteiger partial charge in [0, 0.05) is 24.2 Å². The van der Waals surface area contributed by atoms with Gasteiger partial charge >= 0.3 is 0 Å². The molecule has 4 heteroatoms. The van der Waals surface area contributed by atoms with Gasteiger partial charge in [-0.2, -0.15) is 0 Å². The van der Waals surface area contributed by atoms with Crippen LogP contribution in [0.5, 0.6) is 0 Å². The van der Waals surface area contributed by atoms with Crippen molar-refractivity contribution in [1.82, 2.24) is 5.32 Å². The Bertz CT molecular complexity index is 740. The predicted octanol–water partition coefficient (Wildman–Crippen LogP) is 2.84. The quantitative estimate of drug-likeness (QED) is 0.948. The molecule has 0 spiro atoms. The van der Waals surface area contributed by atoms with E-state index in [0.717, 1.165) is 16.8 Å². The van der Waals surface area contributed by atoms with Crippen LogP contribution in [0, 0.1) is 13.8 Å². The molecule has 1 saturated heterocycles. The number of hydrogen-bond acceptors (Lipinski definition) is 2. The van der Waals surface area contributed by atoms with E-state index in [-0.39, 0.29) is 17.9 Å². The molecule has 2 aromatic rings. The third kappa shape index (κ3) is 3.26. The van der Waals surface area contributed by atoms with E-state index in [4.69, 9.17) is 0 Å². The minimum absolute atomic E-state index is 0.0431. The summed E-state index contributed by atoms with van der Waals surface area (Å²) >= 11 is 0. The lowest BCUT2D eigenvalue weighted by Crippen LogP contribution is -2.37. The molecule has 1 aliphatic heterocycles. The monoisotopic (exact) mass is 308 g/mol. The summed E-state index contributed by atoms with van der Waals surface area (Å²) in [5, 5.41) is 2.97. The molecule has 0 saturated carbocycles. The topological polar surface area (TPSA) is 49.4 Å². The van der Waals surface area contributed by atoms with Crippen LogP contribution in [0.15, 0.2) is 48.5 Å². The van der Waals surface area contributed by atoms with Crippen molar-refractivity contribution < 1.29 is 9.59 Å². The van der Waals surface area contributed by atoms with Gasteiger partial charge in [-0.1, -0.05) is 24.3 Å². The SMILES string of the molecule is Cc1ccc(C(=O)N[C@@H]2CC(=O)N(c3ccccc3)C2)cc1C. The Morgan fingerprint density at radius 3 is 2.52 bits per heavy atom. The molecule has 1 atom stereocenters. The highest BCUT2D eigenvalue weighted by Crippen LogP contribution is 2.21. The molecule has 0 aliphatic carbocycles. The first kappa shape index (κ1) is 15.3. The first-order valence-electron chi connectivity index (χ1n) is 7.78. The molecule has 118 valence electrons. The molecule has 1 N–H and O–H groups in total. The molecular weight excluding hydrogens is 288 g/mol. The third-order valence-corrected chi connectivity index (χ3v) is 4.30. The summed E-state index contributed by atoms with van der Waals surface area (Å²) in [5.74, 6) is -0.0811. The van der Waals surface area contributed by atoms with E-state index in [1.807, 2.05) is 62.4 Å². The van der Waals surface area contributed by atoms with Crippen LogP contribution in [-0.2, 0) is 4.79 Å². The summed E-state index contributed by atoms with van der Waals surface area (Å²) in [6, 6.07) is 15.0. The third-order valence-electron chi connectivity index (χ3n) is 4.30. The van der Waals surface area contributed by atoms with E-state index in [1.54, 1.807) is 4.90 Å². The summed E-state index contributed by atoms with van der Waals surface area (Å²) in [6.07, 6.45) is 0.339. The number of aryl methyl sites for hydroxylation is 2. The summed E-state index contributed by atoms with van der Waals surface area (Å²) in [7, 11) is 0. The number of anilines is 1. The van der Waals surface area contributed by atoms with E-state index in [9.17, 15) is 9.59 Å². The first-order valence-corrected chi connectivity index (χ1v) is 7.78. The Labute approximate surface area is 136 Å². The number of carbonyl (C=O) groups is 2. The number of nitrogens with one attached hydrogen (secondary N) is 1. The summed E-state index contributed by atoms with van der Waals surface area (Å²) in [6.45, 7) is 4.52. The van der Waals surface area contributed by atoms with Gasteiger partial charge in [0.2, 0.25) is 5.91 Å². The van der Waals surface area contributed by atoms with Crippen LogP contribution in [-0.4, -0.2) is 24.4 Å². The Kier molecular flexibility index (Phi) is 4.15. The van der Waals surface area contributed by atoms with Crippen molar-refractivity contribution in [2.75, 3.05) is 11.4 Å². The van der Waals surface area contributed by atoms with Crippen LogP contribution in [0.1, 0.15) is 27.9 Å². The first-order chi connectivity index (χ1) is 11.0. The normalized spacial score (nSPS) is 17.4. The van der Waals surface area contributed by atoms with Crippen molar-refractivity contribution in [3.8, 4) is 0 Å². The van der Waals surface area contributed by atoms with Crippen molar-refractivity contribution in [3.05, 3.63) is 65.2 Å². The molecule has 3 rings (SSSR count). The van der Waals surface area contributed by atoms with Crippen LogP contribution in [0.3, 0.4) is 0 Å². The average Bonchev–Trinajstić information content (AvgIpc) is 2.91. The zero-order valence-corrected chi connectivity index (χ0v) is 13.4. The maximum atomic E-state index is 12.4. The molecule has 0 bridgehead atoms. The molecule has 0 aromatic heterocycles. The summed E-state index contributed by atoms with van der Waals surface area (Å²) in [5.41, 5.74) is 3.76. The van der Waals surface area contributed by atoms with E-state index in [0.29, 0.717) is 18.5 Å². The Hall–Kier alpha value is -2.62. The maximum absolute atomic E-state index is 12.4. The second kappa shape index (κ2) is 6.24. The molecule has 1 fully saturated rings. The minimum Gasteiger partial charge on any atom is -0.347 e. The molecule has 1 aliphatic rings. The van der Waals surface area contributed by atoms with E-state index in [1.165, 1.54) is 0 Å². The molecule has 0 unspecified atom stereocenters. The molecular formula is C19H20N2O2. The van der Waals surface area contributed by atoms with Crippen molar-refractivity contribution in [2.24, 2.45) is 0 Å². The van der Waals surface area contributed by atoms with Crippen LogP contribution in [0.4, 0.5) is 5.69 Å². The molecule has 2 aromatic carbocycles. The molecule has 0 radical (unpaired) electrons. The lowest BCUT2D eigenvalue weighted by Gasteiger charge is -2.17. The Morgan fingerprint density at radius 1 is 1.09 bits per heavy atom. The fourth-order valence-corrected chi connectivity index (χ4v) is 2.81. The fourth-order valence-electron chi connectivity index (χ4n) is 2.81. The number of amides is 2. The Balaban J connectivity index is 1.68. The fraction of sp³-hybridized carbons (Fsp3) is 0.263. The van der Waals surface area contributed by atoms with Gasteiger partial charge in [-0.25, -0.2) is 0 Å². The molecule has 1 heterocycles. The standard InChI is InChI=1S/C19H20N2O2/c1-13-8-9-15(10-14(13)2)19(23)20-16-11-18(22)21(12-16)17-6-4-3-5-7-17/h3-10,16H,11-12H2,1-2H3,(H,20,23)/t16-/m1/s1. The van der Waals surface area contributed by atoms with Crippen LogP contribution in [0.25, 0.3) is 0 Å². The van der Waals surface area contributed by atoms with Crippen molar-refractivity contribution in [2.45, 2.75) is 26.3 Å². The van der Waals surface area contributed by atoms with E-state index in [2.05, 4.69) is 5.32 Å². The van der Waals surface area contributed by atoms with E-state index >= 15 is 0 Å². The maximum Gasteiger partial charge on any atom is 0.251 e. The molecule has 2 amide bonds. The van der Waals surface area contributed by atoms with Gasteiger partial charge in [-0.3, -0.25) is 9.59 Å². The van der Waals surface area contributed by atoms with Gasteiger partial charge in [-0.05, 0) is 49.2 Å². The highest BCUT2D eigenvalue weighted by Gasteiger charge is 2.31. The zero-order chi connectivity index (χ0) is 16.4. The second-order valence-corrected chi connectivity index (χ2v) is 6.01. The smallest absolute Gasteiger partial charge is 0.251 e. The van der Waals surface area contributed by atoms with Gasteiger partial charge in [-0.15, -0.1) is 0 Å². The molecule has 23 heavy (non-hydrogen) atoms. The second-order valence-electron chi connectivity index (χ2n) is 6.01. The lowest BCUT2D eigenvalue weighted by molar-refractivity contribution is -0.117. The number of hydrogen-bond donors (Lipinski definition) is 1. The van der Waals surface area contributed by atoms with Gasteiger partial charge in [0.05, 0.1) is 6.04 Å². The summed E-state index contributed by atoms with van der Waals surface area (Å²) in [4.78, 5) is 26.3. The zero-order valence-electron chi connectivity index (χ0n) is 13.4. The Morgan fingerprint density at radius 2 is 1.83 bits per heavy atom. The largest absolute Gasteiger partial charge is 0.347 e. The van der Waals surface area contributed by atoms with Gasteiger partial charge in [0.15, 0.2) is 0 Å². The van der Waals surface area contributed by atoms with Gasteiger partial charge in [0.1, 0.15) is 0 Å². The van der Waals surface area contributed by atoms with Crippen molar-refractivity contribution in [3.63, 3.8) is 0 Å². The predicted molar refractivity (Wildman–Crippen MR) is 90.6 cm³/mol. The van der Waals surface area contributed by atoms with Gasteiger partial charge in [0.25, 0.3) is 5.91 Å². The lowest BCUT2D eigenvalue weighted by atomic mass is 10.1. The number of rotatable bonds is 3. The van der Waals surface area contributed by atoms with Crippen LogP contribution in [0.2, 0.25) is 0 Å². The molecule has 4 nitrogen and oxygen atoms in total. The number of carbonyl (C=O) groups excluding carboxylic acids is 2. The minimum atomic E-state index is -0.156. The number of para-hydroxylation sites is 1. The van der Waals surface area contributed by atoms with Crippen LogP contribution >= 0.6 is 0 Å². The number of nitrogens with zero attached hydrogens (tertiary/aromatic N) is 1. The van der Waals surface area contributed by atoms with Crippen molar-refractivity contribution >= 4 is 17.5 Å². The van der Waals surface area contributed by atoms with Gasteiger partial charge < -0.3 is 10.2 Å². The summed E-state index contributed by atoms with van der Waals surface area (Å²) < 4.78 is 0. The van der Waals surface area contributed by atoms with E-state index < -0.39 is 0 Å². The number of benzene rings is 2.